The molecule has 0 saturated carbocycles. The van der Waals surface area contributed by atoms with Crippen molar-refractivity contribution in [2.45, 2.75) is 20.3 Å². The highest BCUT2D eigenvalue weighted by molar-refractivity contribution is 5.66. The predicted octanol–water partition coefficient (Wildman–Crippen LogP) is 1.81. The fourth-order valence-corrected chi connectivity index (χ4v) is 1.75. The summed E-state index contributed by atoms with van der Waals surface area (Å²) in [7, 11) is 0. The zero-order valence-corrected chi connectivity index (χ0v) is 9.86. The van der Waals surface area contributed by atoms with Gasteiger partial charge in [0.15, 0.2) is 0 Å². The Morgan fingerprint density at radius 1 is 1.53 bits per heavy atom. The van der Waals surface area contributed by atoms with Crippen molar-refractivity contribution >= 4 is 5.88 Å². The van der Waals surface area contributed by atoms with E-state index >= 15 is 0 Å². The Hall–Kier alpha value is -2.04. The smallest absolute Gasteiger partial charge is 0.248 e. The summed E-state index contributed by atoms with van der Waals surface area (Å²) in [4.78, 5) is 13.8. The molecular weight excluding hydrogens is 218 g/mol. The Morgan fingerprint density at radius 2 is 2.29 bits per heavy atom. The Labute approximate surface area is 98.6 Å². The van der Waals surface area contributed by atoms with E-state index in [9.17, 15) is 4.79 Å². The van der Waals surface area contributed by atoms with E-state index < -0.39 is 0 Å². The van der Waals surface area contributed by atoms with Gasteiger partial charge in [0.25, 0.3) is 0 Å². The first kappa shape index (κ1) is 11.4. The minimum atomic E-state index is -0.167. The second-order valence-electron chi connectivity index (χ2n) is 4.41. The molecule has 2 heterocycles. The van der Waals surface area contributed by atoms with Crippen molar-refractivity contribution in [2.75, 3.05) is 5.73 Å². The second-order valence-corrected chi connectivity index (χ2v) is 4.41. The lowest BCUT2D eigenvalue weighted by Gasteiger charge is -2.04. The van der Waals surface area contributed by atoms with Crippen LogP contribution in [0.4, 0.5) is 5.88 Å². The van der Waals surface area contributed by atoms with Gasteiger partial charge in [-0.3, -0.25) is 4.79 Å². The maximum absolute atomic E-state index is 11.3. The van der Waals surface area contributed by atoms with Gasteiger partial charge in [-0.25, -0.2) is 0 Å². The third kappa shape index (κ3) is 2.38. The number of nitrogens with one attached hydrogen (secondary N) is 1. The summed E-state index contributed by atoms with van der Waals surface area (Å²) in [5.74, 6) is 0.770. The number of H-pyrrole nitrogens is 1. The van der Waals surface area contributed by atoms with E-state index in [0.717, 1.165) is 17.5 Å². The summed E-state index contributed by atoms with van der Waals surface area (Å²) >= 11 is 0. The first-order chi connectivity index (χ1) is 8.08. The molecule has 0 amide bonds. The van der Waals surface area contributed by atoms with Gasteiger partial charge < -0.3 is 15.2 Å². The maximum Gasteiger partial charge on any atom is 0.248 e. The quantitative estimate of drug-likeness (QED) is 0.846. The fourth-order valence-electron chi connectivity index (χ4n) is 1.75. The molecule has 2 aromatic rings. The van der Waals surface area contributed by atoms with E-state index in [1.807, 2.05) is 0 Å². The van der Waals surface area contributed by atoms with Crippen molar-refractivity contribution in [2.24, 2.45) is 5.92 Å². The van der Waals surface area contributed by atoms with E-state index in [1.165, 1.54) is 6.07 Å². The van der Waals surface area contributed by atoms with Crippen LogP contribution in [-0.4, -0.2) is 10.1 Å². The van der Waals surface area contributed by atoms with Crippen LogP contribution >= 0.6 is 0 Å². The molecule has 3 N–H and O–H groups in total. The summed E-state index contributed by atoms with van der Waals surface area (Å²) in [6.45, 7) is 4.18. The SMILES string of the molecule is CC(C)Cc1c(-c2cc[nH]c(=O)c2)noc1N. The van der Waals surface area contributed by atoms with Crippen LogP contribution in [0, 0.1) is 5.92 Å². The number of aromatic amines is 1. The molecule has 0 aliphatic heterocycles. The number of rotatable bonds is 3. The van der Waals surface area contributed by atoms with Crippen molar-refractivity contribution < 1.29 is 4.52 Å². The molecule has 0 radical (unpaired) electrons. The van der Waals surface area contributed by atoms with E-state index in [2.05, 4.69) is 24.0 Å². The molecule has 0 aromatic carbocycles. The number of hydrogen-bond acceptors (Lipinski definition) is 4. The standard InChI is InChI=1S/C12H15N3O2/c1-7(2)5-9-11(15-17-12(9)13)8-3-4-14-10(16)6-8/h3-4,6-7H,5,13H2,1-2H3,(H,14,16). The van der Waals surface area contributed by atoms with Crippen LogP contribution in [0.1, 0.15) is 19.4 Å². The van der Waals surface area contributed by atoms with Gasteiger partial charge in [0, 0.05) is 23.4 Å². The minimum Gasteiger partial charge on any atom is -0.367 e. The van der Waals surface area contributed by atoms with E-state index in [-0.39, 0.29) is 5.56 Å². The van der Waals surface area contributed by atoms with Crippen LogP contribution in [0.2, 0.25) is 0 Å². The fraction of sp³-hybridized carbons (Fsp3) is 0.333. The molecule has 0 atom stereocenters. The lowest BCUT2D eigenvalue weighted by molar-refractivity contribution is 0.438. The molecule has 0 bridgehead atoms. The number of nitrogens with zero attached hydrogens (tertiary/aromatic N) is 1. The summed E-state index contributed by atoms with van der Waals surface area (Å²) in [6, 6.07) is 3.27. The van der Waals surface area contributed by atoms with Crippen molar-refractivity contribution in [3.8, 4) is 11.3 Å². The molecule has 0 aliphatic rings. The molecule has 17 heavy (non-hydrogen) atoms. The highest BCUT2D eigenvalue weighted by atomic mass is 16.5. The zero-order valence-electron chi connectivity index (χ0n) is 9.86. The lowest BCUT2D eigenvalue weighted by Crippen LogP contribution is -2.04. The normalized spacial score (nSPS) is 11.0. The molecule has 0 fully saturated rings. The number of hydrogen-bond donors (Lipinski definition) is 2. The summed E-state index contributed by atoms with van der Waals surface area (Å²) in [6.07, 6.45) is 2.36. The van der Waals surface area contributed by atoms with Gasteiger partial charge in [0.1, 0.15) is 5.69 Å². The van der Waals surface area contributed by atoms with Gasteiger partial charge >= 0.3 is 0 Å². The Bertz CT molecular complexity index is 569. The van der Waals surface area contributed by atoms with Gasteiger partial charge in [0.2, 0.25) is 11.4 Å². The van der Waals surface area contributed by atoms with Gasteiger partial charge in [-0.15, -0.1) is 0 Å². The third-order valence-electron chi connectivity index (χ3n) is 2.48. The molecule has 0 aliphatic carbocycles. The van der Waals surface area contributed by atoms with E-state index in [1.54, 1.807) is 12.3 Å². The second kappa shape index (κ2) is 4.45. The number of pyridine rings is 1. The molecule has 2 aromatic heterocycles. The monoisotopic (exact) mass is 233 g/mol. The number of aromatic nitrogens is 2. The lowest BCUT2D eigenvalue weighted by atomic mass is 10.00. The molecule has 90 valence electrons. The zero-order chi connectivity index (χ0) is 12.4. The molecule has 2 rings (SSSR count). The van der Waals surface area contributed by atoms with Crippen molar-refractivity contribution in [1.29, 1.82) is 0 Å². The first-order valence-electron chi connectivity index (χ1n) is 5.51. The molecule has 0 unspecified atom stereocenters. The number of anilines is 1. The maximum atomic E-state index is 11.3. The van der Waals surface area contributed by atoms with Crippen LogP contribution in [0.25, 0.3) is 11.3 Å². The van der Waals surface area contributed by atoms with Crippen molar-refractivity contribution in [3.63, 3.8) is 0 Å². The highest BCUT2D eigenvalue weighted by Crippen LogP contribution is 2.28. The minimum absolute atomic E-state index is 0.167. The van der Waals surface area contributed by atoms with E-state index in [0.29, 0.717) is 17.5 Å². The molecule has 5 heteroatoms. The number of nitrogen functional groups attached to an aromatic ring is 1. The van der Waals surface area contributed by atoms with Crippen LogP contribution in [0.3, 0.4) is 0 Å². The summed E-state index contributed by atoms with van der Waals surface area (Å²) in [5, 5.41) is 3.93. The van der Waals surface area contributed by atoms with Gasteiger partial charge in [-0.1, -0.05) is 19.0 Å². The van der Waals surface area contributed by atoms with Crippen LogP contribution in [0.5, 0.6) is 0 Å². The van der Waals surface area contributed by atoms with Crippen molar-refractivity contribution in [3.05, 3.63) is 34.2 Å². The van der Waals surface area contributed by atoms with Crippen LogP contribution in [0.15, 0.2) is 27.6 Å². The van der Waals surface area contributed by atoms with Crippen molar-refractivity contribution in [1.82, 2.24) is 10.1 Å². The van der Waals surface area contributed by atoms with Gasteiger partial charge in [-0.2, -0.15) is 0 Å². The molecule has 0 saturated heterocycles. The molecule has 5 nitrogen and oxygen atoms in total. The largest absolute Gasteiger partial charge is 0.367 e. The number of nitrogens with two attached hydrogens (primary N) is 1. The average Bonchev–Trinajstić information content (AvgIpc) is 2.60. The van der Waals surface area contributed by atoms with Crippen LogP contribution < -0.4 is 11.3 Å². The van der Waals surface area contributed by atoms with Gasteiger partial charge in [0.05, 0.1) is 0 Å². The highest BCUT2D eigenvalue weighted by Gasteiger charge is 2.16. The Balaban J connectivity index is 2.49. The van der Waals surface area contributed by atoms with Crippen LogP contribution in [-0.2, 0) is 6.42 Å². The summed E-state index contributed by atoms with van der Waals surface area (Å²) < 4.78 is 5.01. The summed E-state index contributed by atoms with van der Waals surface area (Å²) in [5.41, 5.74) is 7.83. The Morgan fingerprint density at radius 3 is 2.94 bits per heavy atom. The molecule has 0 spiro atoms. The predicted molar refractivity (Wildman–Crippen MR) is 65.5 cm³/mol. The Kier molecular flexibility index (Phi) is 2.99. The van der Waals surface area contributed by atoms with E-state index in [4.69, 9.17) is 10.3 Å². The van der Waals surface area contributed by atoms with Gasteiger partial charge in [-0.05, 0) is 18.4 Å². The first-order valence-corrected chi connectivity index (χ1v) is 5.51. The topological polar surface area (TPSA) is 84.9 Å². The molecular formula is C12H15N3O2. The third-order valence-corrected chi connectivity index (χ3v) is 2.48. The average molecular weight is 233 g/mol.